The van der Waals surface area contributed by atoms with Crippen LogP contribution in [0.2, 0.25) is 0 Å². The fraction of sp³-hybridized carbons (Fsp3) is 0.133. The molecule has 2 rings (SSSR count). The lowest BCUT2D eigenvalue weighted by Crippen LogP contribution is -2.23. The molecule has 0 unspecified atom stereocenters. The van der Waals surface area contributed by atoms with Gasteiger partial charge in [0.15, 0.2) is 0 Å². The third kappa shape index (κ3) is 3.32. The molecule has 0 atom stereocenters. The number of methoxy groups -OCH3 is 1. The number of benzene rings is 2. The maximum Gasteiger partial charge on any atom is 0.254 e. The molecule has 0 fully saturated rings. The second-order valence-electron chi connectivity index (χ2n) is 4.15. The monoisotopic (exact) mass is 277 g/mol. The number of carbonyl (C=O) groups is 1. The van der Waals surface area contributed by atoms with E-state index in [1.807, 2.05) is 0 Å². The summed E-state index contributed by atoms with van der Waals surface area (Å²) in [6.45, 7) is 0.199. The predicted octanol–water partition coefficient (Wildman–Crippen LogP) is 2.90. The fourth-order valence-electron chi connectivity index (χ4n) is 1.69. The summed E-state index contributed by atoms with van der Waals surface area (Å²) in [5.41, 5.74) is 0.668. The van der Waals surface area contributed by atoms with Gasteiger partial charge in [-0.1, -0.05) is 12.1 Å². The molecule has 104 valence electrons. The van der Waals surface area contributed by atoms with Gasteiger partial charge in [-0.25, -0.2) is 8.78 Å². The van der Waals surface area contributed by atoms with Crippen LogP contribution in [0, 0.1) is 11.6 Å². The van der Waals surface area contributed by atoms with Crippen LogP contribution in [0.3, 0.4) is 0 Å². The molecule has 3 nitrogen and oxygen atoms in total. The van der Waals surface area contributed by atoms with Gasteiger partial charge in [0.05, 0.1) is 12.7 Å². The van der Waals surface area contributed by atoms with Crippen molar-refractivity contribution in [3.63, 3.8) is 0 Å². The molecule has 2 aromatic carbocycles. The number of hydrogen-bond donors (Lipinski definition) is 1. The van der Waals surface area contributed by atoms with E-state index in [1.165, 1.54) is 31.4 Å². The van der Waals surface area contributed by atoms with Crippen molar-refractivity contribution >= 4 is 5.91 Å². The fourth-order valence-corrected chi connectivity index (χ4v) is 1.69. The van der Waals surface area contributed by atoms with Gasteiger partial charge in [0.1, 0.15) is 17.4 Å². The molecule has 2 aromatic rings. The van der Waals surface area contributed by atoms with Crippen LogP contribution in [0.5, 0.6) is 5.75 Å². The Morgan fingerprint density at radius 1 is 1.15 bits per heavy atom. The minimum absolute atomic E-state index is 0.0621. The van der Waals surface area contributed by atoms with Gasteiger partial charge in [0, 0.05) is 12.6 Å². The molecule has 1 amide bonds. The van der Waals surface area contributed by atoms with Crippen LogP contribution in [0.25, 0.3) is 0 Å². The van der Waals surface area contributed by atoms with Crippen molar-refractivity contribution in [1.29, 1.82) is 0 Å². The molecule has 0 spiro atoms. The van der Waals surface area contributed by atoms with Crippen LogP contribution in [0.1, 0.15) is 15.9 Å². The van der Waals surface area contributed by atoms with Crippen LogP contribution >= 0.6 is 0 Å². The lowest BCUT2D eigenvalue weighted by molar-refractivity contribution is 0.0947. The highest BCUT2D eigenvalue weighted by molar-refractivity contribution is 5.94. The minimum Gasteiger partial charge on any atom is -0.497 e. The number of amides is 1. The lowest BCUT2D eigenvalue weighted by Gasteiger charge is -2.07. The van der Waals surface area contributed by atoms with Crippen molar-refractivity contribution in [2.75, 3.05) is 7.11 Å². The molecule has 0 aliphatic rings. The van der Waals surface area contributed by atoms with Crippen LogP contribution in [-0.2, 0) is 6.54 Å². The first-order valence-corrected chi connectivity index (χ1v) is 5.96. The van der Waals surface area contributed by atoms with Crippen LogP contribution < -0.4 is 10.1 Å². The summed E-state index contributed by atoms with van der Waals surface area (Å²) in [7, 11) is 1.42. The van der Waals surface area contributed by atoms with E-state index in [4.69, 9.17) is 4.74 Å². The van der Waals surface area contributed by atoms with E-state index in [0.717, 1.165) is 11.6 Å². The Bertz CT molecular complexity index is 612. The average molecular weight is 277 g/mol. The van der Waals surface area contributed by atoms with Crippen LogP contribution in [0.15, 0.2) is 42.5 Å². The summed E-state index contributed by atoms with van der Waals surface area (Å²) in [5, 5.41) is 2.57. The Morgan fingerprint density at radius 3 is 2.45 bits per heavy atom. The number of carbonyl (C=O) groups excluding carboxylic acids is 1. The van der Waals surface area contributed by atoms with Crippen molar-refractivity contribution in [2.45, 2.75) is 6.54 Å². The van der Waals surface area contributed by atoms with Crippen molar-refractivity contribution in [1.82, 2.24) is 5.32 Å². The Morgan fingerprint density at radius 2 is 1.85 bits per heavy atom. The van der Waals surface area contributed by atoms with Gasteiger partial charge >= 0.3 is 0 Å². The van der Waals surface area contributed by atoms with Gasteiger partial charge in [-0.15, -0.1) is 0 Å². The van der Waals surface area contributed by atoms with E-state index in [-0.39, 0.29) is 17.9 Å². The topological polar surface area (TPSA) is 38.3 Å². The first-order chi connectivity index (χ1) is 9.60. The first kappa shape index (κ1) is 14.0. The Kier molecular flexibility index (Phi) is 4.30. The largest absolute Gasteiger partial charge is 0.497 e. The zero-order valence-electron chi connectivity index (χ0n) is 10.8. The van der Waals surface area contributed by atoms with E-state index >= 15 is 0 Å². The zero-order valence-corrected chi connectivity index (χ0v) is 10.8. The Hall–Kier alpha value is -2.43. The van der Waals surface area contributed by atoms with Gasteiger partial charge in [-0.3, -0.25) is 4.79 Å². The highest BCUT2D eigenvalue weighted by Crippen LogP contribution is 2.16. The van der Waals surface area contributed by atoms with E-state index < -0.39 is 11.7 Å². The van der Waals surface area contributed by atoms with Crippen LogP contribution in [-0.4, -0.2) is 13.0 Å². The summed E-state index contributed by atoms with van der Waals surface area (Å²) >= 11 is 0. The highest BCUT2D eigenvalue weighted by atomic mass is 19.1. The summed E-state index contributed by atoms with van der Waals surface area (Å²) in [6.07, 6.45) is 0. The second-order valence-corrected chi connectivity index (χ2v) is 4.15. The Balaban J connectivity index is 2.03. The molecule has 0 radical (unpaired) electrons. The number of hydrogen-bond acceptors (Lipinski definition) is 2. The normalized spacial score (nSPS) is 10.2. The maximum absolute atomic E-state index is 13.7. The number of ether oxygens (including phenoxy) is 1. The van der Waals surface area contributed by atoms with Gasteiger partial charge in [-0.2, -0.15) is 0 Å². The standard InChI is InChI=1S/C15H13F2NO2/c1-20-12-6-7-13(14(17)8-12)15(19)18-9-10-2-4-11(16)5-3-10/h2-8H,9H2,1H3,(H,18,19). The maximum atomic E-state index is 13.7. The van der Waals surface area contributed by atoms with Gasteiger partial charge in [-0.05, 0) is 29.8 Å². The molecule has 0 aliphatic heterocycles. The third-order valence-electron chi connectivity index (χ3n) is 2.79. The predicted molar refractivity (Wildman–Crippen MR) is 70.5 cm³/mol. The molecular weight excluding hydrogens is 264 g/mol. The number of halogens is 2. The van der Waals surface area contributed by atoms with Gasteiger partial charge < -0.3 is 10.1 Å². The second kappa shape index (κ2) is 6.14. The van der Waals surface area contributed by atoms with E-state index in [0.29, 0.717) is 5.75 Å². The molecule has 0 bridgehead atoms. The molecule has 0 heterocycles. The van der Waals surface area contributed by atoms with E-state index in [1.54, 1.807) is 12.1 Å². The molecule has 20 heavy (non-hydrogen) atoms. The third-order valence-corrected chi connectivity index (χ3v) is 2.79. The van der Waals surface area contributed by atoms with Gasteiger partial charge in [0.2, 0.25) is 0 Å². The highest BCUT2D eigenvalue weighted by Gasteiger charge is 2.12. The Labute approximate surface area is 115 Å². The molecule has 1 N–H and O–H groups in total. The molecule has 0 saturated heterocycles. The molecule has 0 aromatic heterocycles. The first-order valence-electron chi connectivity index (χ1n) is 5.96. The molecular formula is C15H13F2NO2. The van der Waals surface area contributed by atoms with E-state index in [9.17, 15) is 13.6 Å². The summed E-state index contributed by atoms with van der Waals surface area (Å²) in [5.74, 6) is -1.19. The SMILES string of the molecule is COc1ccc(C(=O)NCc2ccc(F)cc2)c(F)c1. The minimum atomic E-state index is -0.652. The van der Waals surface area contributed by atoms with Crippen LogP contribution in [0.4, 0.5) is 8.78 Å². The van der Waals surface area contributed by atoms with Crippen molar-refractivity contribution in [2.24, 2.45) is 0 Å². The molecule has 5 heteroatoms. The molecule has 0 aliphatic carbocycles. The number of rotatable bonds is 4. The van der Waals surface area contributed by atoms with Crippen molar-refractivity contribution in [3.05, 3.63) is 65.2 Å². The quantitative estimate of drug-likeness (QED) is 0.933. The number of nitrogens with one attached hydrogen (secondary N) is 1. The smallest absolute Gasteiger partial charge is 0.254 e. The zero-order chi connectivity index (χ0) is 14.5. The summed E-state index contributed by atoms with van der Waals surface area (Å²) < 4.78 is 31.3. The summed E-state index contributed by atoms with van der Waals surface area (Å²) in [4.78, 5) is 11.8. The van der Waals surface area contributed by atoms with Gasteiger partial charge in [0.25, 0.3) is 5.91 Å². The average Bonchev–Trinajstić information content (AvgIpc) is 2.46. The molecule has 0 saturated carbocycles. The summed E-state index contributed by atoms with van der Waals surface area (Å²) in [6, 6.07) is 9.72. The van der Waals surface area contributed by atoms with E-state index in [2.05, 4.69) is 5.32 Å². The lowest BCUT2D eigenvalue weighted by atomic mass is 10.1. The van der Waals surface area contributed by atoms with Crippen molar-refractivity contribution < 1.29 is 18.3 Å². The van der Waals surface area contributed by atoms with Crippen molar-refractivity contribution in [3.8, 4) is 5.75 Å².